The predicted molar refractivity (Wildman–Crippen MR) is 92.9 cm³/mol. The second kappa shape index (κ2) is 8.33. The first-order valence-corrected chi connectivity index (χ1v) is 8.71. The molecule has 7 heteroatoms. The van der Waals surface area contributed by atoms with Crippen molar-refractivity contribution in [3.05, 3.63) is 29.3 Å². The highest BCUT2D eigenvalue weighted by atomic mass is 32.2. The van der Waals surface area contributed by atoms with Gasteiger partial charge in [0, 0.05) is 43.0 Å². The summed E-state index contributed by atoms with van der Waals surface area (Å²) in [6, 6.07) is 4.61. The molecule has 23 heavy (non-hydrogen) atoms. The van der Waals surface area contributed by atoms with E-state index in [-0.39, 0.29) is 18.4 Å². The molecule has 2 amide bonds. The topological polar surface area (TPSA) is 84.7 Å². The molecule has 1 atom stereocenters. The highest BCUT2D eigenvalue weighted by molar-refractivity contribution is 7.99. The molecule has 6 nitrogen and oxygen atoms in total. The predicted octanol–water partition coefficient (Wildman–Crippen LogP) is 1.10. The number of rotatable bonds is 5. The van der Waals surface area contributed by atoms with Crippen molar-refractivity contribution in [1.82, 2.24) is 4.90 Å². The summed E-state index contributed by atoms with van der Waals surface area (Å²) in [5.74, 6) is 1.61. The molecule has 1 unspecified atom stereocenters. The van der Waals surface area contributed by atoms with Gasteiger partial charge in [-0.25, -0.2) is 0 Å². The number of nitrogens with zero attached hydrogens (tertiary/aromatic N) is 1. The van der Waals surface area contributed by atoms with E-state index in [2.05, 4.69) is 5.32 Å². The molecule has 1 heterocycles. The lowest BCUT2D eigenvalue weighted by molar-refractivity contribution is -0.118. The molecule has 2 rings (SSSR count). The Kier molecular flexibility index (Phi) is 6.44. The average molecular weight is 337 g/mol. The van der Waals surface area contributed by atoms with Crippen LogP contribution in [-0.4, -0.2) is 61.1 Å². The summed E-state index contributed by atoms with van der Waals surface area (Å²) in [6.07, 6.45) is 0. The zero-order valence-corrected chi connectivity index (χ0v) is 14.3. The average Bonchev–Trinajstić information content (AvgIpc) is 2.57. The fourth-order valence-electron chi connectivity index (χ4n) is 2.32. The number of thioether (sulfide) groups is 1. The monoisotopic (exact) mass is 337 g/mol. The number of aryl methyl sites for hydroxylation is 1. The van der Waals surface area contributed by atoms with E-state index < -0.39 is 6.04 Å². The summed E-state index contributed by atoms with van der Waals surface area (Å²) in [6.45, 7) is 3.55. The Morgan fingerprint density at radius 1 is 1.39 bits per heavy atom. The molecule has 1 aliphatic heterocycles. The van der Waals surface area contributed by atoms with Crippen LogP contribution in [0.25, 0.3) is 0 Å². The first-order valence-electron chi connectivity index (χ1n) is 7.56. The maximum atomic E-state index is 12.5. The fourth-order valence-corrected chi connectivity index (χ4v) is 3.22. The normalized spacial score (nSPS) is 16.0. The molecule has 0 aliphatic carbocycles. The third-order valence-corrected chi connectivity index (χ3v) is 4.67. The molecular formula is C16H23N3O3S. The molecule has 126 valence electrons. The van der Waals surface area contributed by atoms with Gasteiger partial charge in [0.05, 0.1) is 6.61 Å². The van der Waals surface area contributed by atoms with Crippen LogP contribution in [0, 0.1) is 6.92 Å². The van der Waals surface area contributed by atoms with Gasteiger partial charge in [0.15, 0.2) is 0 Å². The zero-order chi connectivity index (χ0) is 16.8. The van der Waals surface area contributed by atoms with Crippen LogP contribution < -0.4 is 11.1 Å². The minimum atomic E-state index is -0.738. The summed E-state index contributed by atoms with van der Waals surface area (Å²) in [7, 11) is 1.49. The lowest BCUT2D eigenvalue weighted by Crippen LogP contribution is -2.39. The Balaban J connectivity index is 2.11. The summed E-state index contributed by atoms with van der Waals surface area (Å²) in [4.78, 5) is 26.4. The van der Waals surface area contributed by atoms with E-state index in [0.717, 1.165) is 30.2 Å². The number of methoxy groups -OCH3 is 1. The van der Waals surface area contributed by atoms with Crippen molar-refractivity contribution < 1.29 is 14.3 Å². The van der Waals surface area contributed by atoms with E-state index in [4.69, 9.17) is 10.5 Å². The molecule has 3 N–H and O–H groups in total. The molecule has 1 saturated heterocycles. The van der Waals surface area contributed by atoms with Gasteiger partial charge in [0.2, 0.25) is 5.91 Å². The molecule has 1 aromatic carbocycles. The Hall–Kier alpha value is -1.57. The standard InChI is InChI=1S/C16H23N3O3S/c1-11-3-4-12(16(21)19-5-7-23-8-6-19)9-14(11)18-15(20)13(17)10-22-2/h3-4,9,13H,5-8,10,17H2,1-2H3,(H,18,20). The fraction of sp³-hybridized carbons (Fsp3) is 0.500. The van der Waals surface area contributed by atoms with Gasteiger partial charge in [-0.2, -0.15) is 11.8 Å². The number of benzene rings is 1. The highest BCUT2D eigenvalue weighted by Gasteiger charge is 2.20. The molecule has 0 spiro atoms. The van der Waals surface area contributed by atoms with Crippen LogP contribution in [0.1, 0.15) is 15.9 Å². The number of carbonyl (C=O) groups is 2. The number of carbonyl (C=O) groups excluding carboxylic acids is 2. The maximum absolute atomic E-state index is 12.5. The van der Waals surface area contributed by atoms with Gasteiger partial charge in [-0.05, 0) is 24.6 Å². The van der Waals surface area contributed by atoms with Crippen molar-refractivity contribution in [2.45, 2.75) is 13.0 Å². The third-order valence-electron chi connectivity index (χ3n) is 3.72. The number of hydrogen-bond acceptors (Lipinski definition) is 5. The van der Waals surface area contributed by atoms with Gasteiger partial charge < -0.3 is 20.7 Å². The van der Waals surface area contributed by atoms with Crippen LogP contribution in [0.15, 0.2) is 18.2 Å². The van der Waals surface area contributed by atoms with Crippen molar-refractivity contribution in [3.8, 4) is 0 Å². The minimum absolute atomic E-state index is 0.00184. The SMILES string of the molecule is COCC(N)C(=O)Nc1cc(C(=O)N2CCSCC2)ccc1C. The number of amides is 2. The molecular weight excluding hydrogens is 314 g/mol. The Morgan fingerprint density at radius 2 is 2.09 bits per heavy atom. The van der Waals surface area contributed by atoms with Crippen LogP contribution in [0.3, 0.4) is 0 Å². The molecule has 0 aromatic heterocycles. The van der Waals surface area contributed by atoms with Crippen molar-refractivity contribution in [2.24, 2.45) is 5.73 Å². The number of hydrogen-bond donors (Lipinski definition) is 2. The summed E-state index contributed by atoms with van der Waals surface area (Å²) in [5.41, 5.74) is 7.80. The van der Waals surface area contributed by atoms with Gasteiger partial charge in [0.1, 0.15) is 6.04 Å². The van der Waals surface area contributed by atoms with Crippen molar-refractivity contribution in [1.29, 1.82) is 0 Å². The maximum Gasteiger partial charge on any atom is 0.253 e. The third kappa shape index (κ3) is 4.70. The Labute approximate surface area is 140 Å². The Bertz CT molecular complexity index is 574. The van der Waals surface area contributed by atoms with E-state index in [1.165, 1.54) is 7.11 Å². The second-order valence-electron chi connectivity index (χ2n) is 5.49. The van der Waals surface area contributed by atoms with Gasteiger partial charge in [0.25, 0.3) is 5.91 Å². The van der Waals surface area contributed by atoms with Crippen LogP contribution in [0.5, 0.6) is 0 Å². The van der Waals surface area contributed by atoms with E-state index in [9.17, 15) is 9.59 Å². The van der Waals surface area contributed by atoms with Crippen molar-refractivity contribution in [2.75, 3.05) is 43.6 Å². The summed E-state index contributed by atoms with van der Waals surface area (Å²) >= 11 is 1.86. The molecule has 0 saturated carbocycles. The van der Waals surface area contributed by atoms with Gasteiger partial charge in [-0.15, -0.1) is 0 Å². The van der Waals surface area contributed by atoms with Gasteiger partial charge in [-0.1, -0.05) is 6.07 Å². The van der Waals surface area contributed by atoms with Crippen LogP contribution >= 0.6 is 11.8 Å². The lowest BCUT2D eigenvalue weighted by Gasteiger charge is -2.26. The smallest absolute Gasteiger partial charge is 0.253 e. The number of nitrogens with two attached hydrogens (primary N) is 1. The van der Waals surface area contributed by atoms with E-state index in [1.807, 2.05) is 29.7 Å². The van der Waals surface area contributed by atoms with Crippen molar-refractivity contribution >= 4 is 29.3 Å². The van der Waals surface area contributed by atoms with Crippen LogP contribution in [0.2, 0.25) is 0 Å². The van der Waals surface area contributed by atoms with Gasteiger partial charge in [-0.3, -0.25) is 9.59 Å². The number of ether oxygens (including phenoxy) is 1. The molecule has 0 radical (unpaired) electrons. The lowest BCUT2D eigenvalue weighted by atomic mass is 10.1. The molecule has 1 aliphatic rings. The van der Waals surface area contributed by atoms with Gasteiger partial charge >= 0.3 is 0 Å². The van der Waals surface area contributed by atoms with Crippen LogP contribution in [-0.2, 0) is 9.53 Å². The molecule has 0 bridgehead atoms. The van der Waals surface area contributed by atoms with E-state index >= 15 is 0 Å². The first kappa shape index (κ1) is 17.8. The molecule has 1 fully saturated rings. The molecule has 1 aromatic rings. The van der Waals surface area contributed by atoms with Crippen LogP contribution in [0.4, 0.5) is 5.69 Å². The number of nitrogens with one attached hydrogen (secondary N) is 1. The van der Waals surface area contributed by atoms with Crippen molar-refractivity contribution in [3.63, 3.8) is 0 Å². The Morgan fingerprint density at radius 3 is 2.74 bits per heavy atom. The highest BCUT2D eigenvalue weighted by Crippen LogP contribution is 2.20. The minimum Gasteiger partial charge on any atom is -0.383 e. The van der Waals surface area contributed by atoms with E-state index in [0.29, 0.717) is 11.3 Å². The second-order valence-corrected chi connectivity index (χ2v) is 6.71. The summed E-state index contributed by atoms with van der Waals surface area (Å²) in [5, 5.41) is 2.77. The first-order chi connectivity index (χ1) is 11.0. The van der Waals surface area contributed by atoms with E-state index in [1.54, 1.807) is 12.1 Å². The summed E-state index contributed by atoms with van der Waals surface area (Å²) < 4.78 is 4.89. The largest absolute Gasteiger partial charge is 0.383 e. The number of anilines is 1. The quantitative estimate of drug-likeness (QED) is 0.840. The zero-order valence-electron chi connectivity index (χ0n) is 13.5.